The monoisotopic (exact) mass is 318 g/mol. The van der Waals surface area contributed by atoms with Crippen molar-refractivity contribution in [2.45, 2.75) is 6.61 Å². The van der Waals surface area contributed by atoms with Gasteiger partial charge >= 0.3 is 12.1 Å². The van der Waals surface area contributed by atoms with Crippen LogP contribution in [-0.4, -0.2) is 30.7 Å². The highest BCUT2D eigenvalue weighted by atomic mass is 19.1. The van der Waals surface area contributed by atoms with Crippen LogP contribution in [0.1, 0.15) is 5.56 Å². The maximum Gasteiger partial charge on any atom is 0.416 e. The molecular formula is C16H15FN2O4. The lowest BCUT2D eigenvalue weighted by Crippen LogP contribution is -2.37. The first-order valence-corrected chi connectivity index (χ1v) is 6.77. The molecule has 0 fully saturated rings. The van der Waals surface area contributed by atoms with Gasteiger partial charge < -0.3 is 9.47 Å². The molecule has 0 saturated heterocycles. The summed E-state index contributed by atoms with van der Waals surface area (Å²) in [5.74, 6) is -1.48. The number of amides is 1. The lowest BCUT2D eigenvalue weighted by Gasteiger charge is -2.20. The van der Waals surface area contributed by atoms with E-state index >= 15 is 0 Å². The van der Waals surface area contributed by atoms with Gasteiger partial charge in [0.15, 0.2) is 0 Å². The van der Waals surface area contributed by atoms with Crippen LogP contribution in [-0.2, 0) is 20.9 Å². The molecule has 2 rings (SSSR count). The number of benzene rings is 1. The molecule has 0 saturated carbocycles. The average Bonchev–Trinajstić information content (AvgIpc) is 2.58. The van der Waals surface area contributed by atoms with E-state index in [-0.39, 0.29) is 12.4 Å². The van der Waals surface area contributed by atoms with Gasteiger partial charge in [0.25, 0.3) is 0 Å². The van der Waals surface area contributed by atoms with Crippen molar-refractivity contribution in [1.29, 1.82) is 0 Å². The second-order valence-corrected chi connectivity index (χ2v) is 4.52. The van der Waals surface area contributed by atoms with Gasteiger partial charge in [0.2, 0.25) is 5.95 Å². The van der Waals surface area contributed by atoms with E-state index < -0.39 is 24.6 Å². The Labute approximate surface area is 132 Å². The summed E-state index contributed by atoms with van der Waals surface area (Å²) in [6.45, 7) is -0.409. The summed E-state index contributed by atoms with van der Waals surface area (Å²) in [6.07, 6.45) is -0.822. The van der Waals surface area contributed by atoms with Gasteiger partial charge in [-0.1, -0.05) is 36.4 Å². The molecule has 1 amide bonds. The van der Waals surface area contributed by atoms with Crippen LogP contribution in [0.4, 0.5) is 15.0 Å². The molecule has 2 aromatic rings. The summed E-state index contributed by atoms with van der Waals surface area (Å²) < 4.78 is 22.9. The number of hydrogen-bond donors (Lipinski definition) is 0. The van der Waals surface area contributed by atoms with Crippen molar-refractivity contribution in [3.05, 3.63) is 60.0 Å². The number of ether oxygens (including phenoxy) is 2. The fourth-order valence-electron chi connectivity index (χ4n) is 1.78. The summed E-state index contributed by atoms with van der Waals surface area (Å²) >= 11 is 0. The van der Waals surface area contributed by atoms with E-state index in [4.69, 9.17) is 4.74 Å². The number of esters is 1. The van der Waals surface area contributed by atoms with Crippen LogP contribution >= 0.6 is 0 Å². The summed E-state index contributed by atoms with van der Waals surface area (Å²) in [5.41, 5.74) is 0.783. The molecule has 0 atom stereocenters. The molecule has 23 heavy (non-hydrogen) atoms. The van der Waals surface area contributed by atoms with Crippen molar-refractivity contribution in [3.63, 3.8) is 0 Å². The van der Waals surface area contributed by atoms with Gasteiger partial charge in [-0.25, -0.2) is 9.78 Å². The van der Waals surface area contributed by atoms with Gasteiger partial charge in [0, 0.05) is 0 Å². The second-order valence-electron chi connectivity index (χ2n) is 4.52. The largest absolute Gasteiger partial charge is 0.468 e. The summed E-state index contributed by atoms with van der Waals surface area (Å²) in [7, 11) is 1.19. The molecular weight excluding hydrogens is 303 g/mol. The summed E-state index contributed by atoms with van der Waals surface area (Å²) in [5, 5.41) is 0. The van der Waals surface area contributed by atoms with Crippen LogP contribution < -0.4 is 4.90 Å². The highest BCUT2D eigenvalue weighted by Gasteiger charge is 2.22. The number of rotatable bonds is 5. The normalized spacial score (nSPS) is 10.0. The SMILES string of the molecule is COC(=O)CN(C(=O)OCc1ccccc1)c1cccc(F)n1. The van der Waals surface area contributed by atoms with Crippen molar-refractivity contribution in [3.8, 4) is 0 Å². The quantitative estimate of drug-likeness (QED) is 0.626. The number of hydrogen-bond acceptors (Lipinski definition) is 5. The van der Waals surface area contributed by atoms with Gasteiger partial charge in [-0.3, -0.25) is 9.69 Å². The first-order chi connectivity index (χ1) is 11.1. The molecule has 0 spiro atoms. The van der Waals surface area contributed by atoms with E-state index in [0.29, 0.717) is 0 Å². The van der Waals surface area contributed by atoms with Crippen LogP contribution in [0, 0.1) is 5.95 Å². The first-order valence-electron chi connectivity index (χ1n) is 6.77. The Hall–Kier alpha value is -2.96. The Balaban J connectivity index is 2.12. The van der Waals surface area contributed by atoms with Gasteiger partial charge in [-0.15, -0.1) is 0 Å². The number of carbonyl (C=O) groups excluding carboxylic acids is 2. The zero-order valence-electron chi connectivity index (χ0n) is 12.4. The molecule has 6 nitrogen and oxygen atoms in total. The van der Waals surface area contributed by atoms with Gasteiger partial charge in [0.1, 0.15) is 19.0 Å². The smallest absolute Gasteiger partial charge is 0.416 e. The number of carbonyl (C=O) groups is 2. The zero-order chi connectivity index (χ0) is 16.7. The minimum atomic E-state index is -0.822. The fraction of sp³-hybridized carbons (Fsp3) is 0.188. The van der Waals surface area contributed by atoms with Crippen LogP contribution in [0.5, 0.6) is 0 Å². The Bertz CT molecular complexity index is 679. The predicted octanol–water partition coefficient (Wildman–Crippen LogP) is 2.54. The highest BCUT2D eigenvalue weighted by molar-refractivity contribution is 5.92. The number of pyridine rings is 1. The lowest BCUT2D eigenvalue weighted by atomic mass is 10.2. The Kier molecular flexibility index (Phi) is 5.62. The van der Waals surface area contributed by atoms with E-state index in [1.807, 2.05) is 18.2 Å². The van der Waals surface area contributed by atoms with Gasteiger partial charge in [-0.05, 0) is 17.7 Å². The van der Waals surface area contributed by atoms with Crippen molar-refractivity contribution in [2.24, 2.45) is 0 Å². The molecule has 120 valence electrons. The van der Waals surface area contributed by atoms with Crippen molar-refractivity contribution >= 4 is 17.9 Å². The van der Waals surface area contributed by atoms with E-state index in [9.17, 15) is 14.0 Å². The fourth-order valence-corrected chi connectivity index (χ4v) is 1.78. The van der Waals surface area contributed by atoms with E-state index in [1.165, 1.54) is 19.2 Å². The third kappa shape index (κ3) is 4.77. The third-order valence-corrected chi connectivity index (χ3v) is 2.92. The lowest BCUT2D eigenvalue weighted by molar-refractivity contribution is -0.138. The standard InChI is InChI=1S/C16H15FN2O4/c1-22-15(20)10-19(14-9-5-8-13(17)18-14)16(21)23-11-12-6-3-2-4-7-12/h2-9H,10-11H2,1H3. The molecule has 0 aliphatic heterocycles. The molecule has 0 aliphatic carbocycles. The third-order valence-electron chi connectivity index (χ3n) is 2.92. The maximum absolute atomic E-state index is 13.3. The summed E-state index contributed by atoms with van der Waals surface area (Å²) in [4.78, 5) is 28.2. The zero-order valence-corrected chi connectivity index (χ0v) is 12.4. The number of halogens is 1. The van der Waals surface area contributed by atoms with Crippen LogP contribution in [0.15, 0.2) is 48.5 Å². The Morgan fingerprint density at radius 3 is 2.52 bits per heavy atom. The number of methoxy groups -OCH3 is 1. The Morgan fingerprint density at radius 1 is 1.13 bits per heavy atom. The second kappa shape index (κ2) is 7.88. The molecule has 0 N–H and O–H groups in total. The average molecular weight is 318 g/mol. The Morgan fingerprint density at radius 2 is 1.87 bits per heavy atom. The summed E-state index contributed by atoms with van der Waals surface area (Å²) in [6, 6.07) is 13.0. The van der Waals surface area contributed by atoms with Crippen LogP contribution in [0.25, 0.3) is 0 Å². The van der Waals surface area contributed by atoms with Gasteiger partial charge in [0.05, 0.1) is 7.11 Å². The molecule has 1 aromatic heterocycles. The molecule has 1 heterocycles. The maximum atomic E-state index is 13.3. The van der Waals surface area contributed by atoms with Crippen molar-refractivity contribution < 1.29 is 23.5 Å². The van der Waals surface area contributed by atoms with Crippen LogP contribution in [0.2, 0.25) is 0 Å². The molecule has 0 unspecified atom stereocenters. The van der Waals surface area contributed by atoms with Crippen molar-refractivity contribution in [2.75, 3.05) is 18.6 Å². The number of aromatic nitrogens is 1. The molecule has 0 radical (unpaired) electrons. The van der Waals surface area contributed by atoms with Crippen molar-refractivity contribution in [1.82, 2.24) is 4.98 Å². The molecule has 7 heteroatoms. The molecule has 0 aliphatic rings. The van der Waals surface area contributed by atoms with E-state index in [2.05, 4.69) is 9.72 Å². The topological polar surface area (TPSA) is 68.7 Å². The van der Waals surface area contributed by atoms with E-state index in [1.54, 1.807) is 12.1 Å². The highest BCUT2D eigenvalue weighted by Crippen LogP contribution is 2.13. The minimum Gasteiger partial charge on any atom is -0.468 e. The number of nitrogens with zero attached hydrogens (tertiary/aromatic N) is 2. The molecule has 1 aromatic carbocycles. The minimum absolute atomic E-state index is 0.0205. The molecule has 0 bridgehead atoms. The van der Waals surface area contributed by atoms with E-state index in [0.717, 1.165) is 16.5 Å². The first kappa shape index (κ1) is 16.4. The predicted molar refractivity (Wildman–Crippen MR) is 80.2 cm³/mol. The number of anilines is 1. The van der Waals surface area contributed by atoms with Crippen LogP contribution in [0.3, 0.4) is 0 Å². The van der Waals surface area contributed by atoms with Gasteiger partial charge in [-0.2, -0.15) is 4.39 Å².